The van der Waals surface area contributed by atoms with E-state index in [1.165, 1.54) is 0 Å². The Morgan fingerprint density at radius 2 is 1.96 bits per heavy atom. The van der Waals surface area contributed by atoms with Crippen molar-refractivity contribution in [3.8, 4) is 11.5 Å². The Labute approximate surface area is 148 Å². The number of hydrogen-bond acceptors (Lipinski definition) is 5. The molecule has 1 aromatic heterocycles. The number of pyridine rings is 1. The Morgan fingerprint density at radius 1 is 1.20 bits per heavy atom. The summed E-state index contributed by atoms with van der Waals surface area (Å²) in [5, 5.41) is 0. The van der Waals surface area contributed by atoms with Crippen molar-refractivity contribution < 1.29 is 14.3 Å². The van der Waals surface area contributed by atoms with E-state index < -0.39 is 0 Å². The number of nitrogens with zero attached hydrogens (tertiary/aromatic N) is 3. The van der Waals surface area contributed by atoms with Gasteiger partial charge in [0, 0.05) is 31.0 Å². The molecule has 1 aromatic carbocycles. The van der Waals surface area contributed by atoms with Crippen LogP contribution in [0.4, 0.5) is 5.69 Å². The predicted molar refractivity (Wildman–Crippen MR) is 96.0 cm³/mol. The molecule has 1 saturated heterocycles. The molecule has 1 fully saturated rings. The van der Waals surface area contributed by atoms with Crippen molar-refractivity contribution in [2.24, 2.45) is 0 Å². The average Bonchev–Trinajstić information content (AvgIpc) is 3.03. The Morgan fingerprint density at radius 3 is 2.64 bits per heavy atom. The normalized spacial score (nSPS) is 17.2. The number of methoxy groups -OCH3 is 2. The van der Waals surface area contributed by atoms with E-state index in [-0.39, 0.29) is 11.9 Å². The number of para-hydroxylation sites is 1. The minimum absolute atomic E-state index is 0.121. The van der Waals surface area contributed by atoms with Crippen molar-refractivity contribution in [1.82, 2.24) is 9.88 Å². The summed E-state index contributed by atoms with van der Waals surface area (Å²) in [6.07, 6.45) is 2.48. The first-order valence-corrected chi connectivity index (χ1v) is 8.28. The maximum atomic E-state index is 12.8. The van der Waals surface area contributed by atoms with Crippen molar-refractivity contribution in [2.75, 3.05) is 32.7 Å². The van der Waals surface area contributed by atoms with E-state index in [4.69, 9.17) is 9.47 Å². The highest BCUT2D eigenvalue weighted by atomic mass is 16.5. The van der Waals surface area contributed by atoms with Crippen LogP contribution in [0, 0.1) is 0 Å². The van der Waals surface area contributed by atoms with Crippen molar-refractivity contribution in [3.05, 3.63) is 48.3 Å². The maximum Gasteiger partial charge on any atom is 0.244 e. The highest BCUT2D eigenvalue weighted by Gasteiger charge is 2.35. The number of hydrogen-bond donors (Lipinski definition) is 0. The lowest BCUT2D eigenvalue weighted by atomic mass is 10.2. The number of anilines is 1. The third kappa shape index (κ3) is 3.44. The second kappa shape index (κ2) is 7.53. The van der Waals surface area contributed by atoms with Gasteiger partial charge in [-0.15, -0.1) is 0 Å². The molecule has 0 radical (unpaired) electrons. The molecule has 1 unspecified atom stereocenters. The molecule has 1 atom stereocenters. The molecule has 1 amide bonds. The van der Waals surface area contributed by atoms with Crippen molar-refractivity contribution >= 4 is 11.6 Å². The number of carbonyl (C=O) groups is 1. The third-order valence-electron chi connectivity index (χ3n) is 4.54. The minimum atomic E-state index is -0.169. The Hall–Kier alpha value is -2.60. The van der Waals surface area contributed by atoms with Crippen LogP contribution in [-0.2, 0) is 11.3 Å². The first-order chi connectivity index (χ1) is 12.2. The van der Waals surface area contributed by atoms with Crippen LogP contribution in [0.3, 0.4) is 0 Å². The van der Waals surface area contributed by atoms with Gasteiger partial charge in [-0.1, -0.05) is 18.2 Å². The summed E-state index contributed by atoms with van der Waals surface area (Å²) >= 11 is 0. The lowest BCUT2D eigenvalue weighted by molar-refractivity contribution is -0.121. The van der Waals surface area contributed by atoms with Crippen LogP contribution in [-0.4, -0.2) is 49.6 Å². The molecule has 0 N–H and O–H groups in total. The third-order valence-corrected chi connectivity index (χ3v) is 4.54. The molecular formula is C19H23N3O3. The Balaban J connectivity index is 1.74. The number of benzene rings is 1. The van der Waals surface area contributed by atoms with Crippen molar-refractivity contribution in [1.29, 1.82) is 0 Å². The van der Waals surface area contributed by atoms with Crippen LogP contribution < -0.4 is 14.4 Å². The fourth-order valence-corrected chi connectivity index (χ4v) is 3.25. The second-order valence-electron chi connectivity index (χ2n) is 6.04. The summed E-state index contributed by atoms with van der Waals surface area (Å²) in [5.41, 5.74) is 1.70. The Kier molecular flexibility index (Phi) is 5.19. The van der Waals surface area contributed by atoms with E-state index in [1.54, 1.807) is 26.5 Å². The molecule has 132 valence electrons. The van der Waals surface area contributed by atoms with Gasteiger partial charge in [-0.3, -0.25) is 14.7 Å². The molecular weight excluding hydrogens is 318 g/mol. The van der Waals surface area contributed by atoms with Crippen LogP contribution in [0.25, 0.3) is 0 Å². The number of aromatic nitrogens is 1. The molecule has 0 saturated carbocycles. The Bertz CT molecular complexity index is 736. The van der Waals surface area contributed by atoms with Gasteiger partial charge in [0.2, 0.25) is 5.91 Å². The zero-order valence-corrected chi connectivity index (χ0v) is 14.8. The highest BCUT2D eigenvalue weighted by molar-refractivity contribution is 5.99. The van der Waals surface area contributed by atoms with Crippen molar-refractivity contribution in [3.63, 3.8) is 0 Å². The summed E-state index contributed by atoms with van der Waals surface area (Å²) in [7, 11) is 5.14. The van der Waals surface area contributed by atoms with E-state index in [0.29, 0.717) is 18.0 Å². The molecule has 6 heteroatoms. The number of likely N-dealkylation sites (N-methyl/N-ethyl adjacent to an activating group) is 1. The molecule has 0 bridgehead atoms. The van der Waals surface area contributed by atoms with E-state index in [2.05, 4.69) is 4.98 Å². The summed E-state index contributed by atoms with van der Waals surface area (Å²) in [4.78, 5) is 21.1. The standard InChI is InChI=1S/C19H23N3O3/c1-21(13-15-18(25-3)17(24-2)9-11-20-15)16-10-12-22(19(16)23)14-7-5-4-6-8-14/h4-9,11,16H,10,12-13H2,1-3H3. The first-order valence-electron chi connectivity index (χ1n) is 8.28. The van der Waals surface area contributed by atoms with Crippen LogP contribution in [0.1, 0.15) is 12.1 Å². The topological polar surface area (TPSA) is 54.9 Å². The first kappa shape index (κ1) is 17.2. The largest absolute Gasteiger partial charge is 0.493 e. The van der Waals surface area contributed by atoms with E-state index in [1.807, 2.05) is 47.2 Å². The zero-order valence-electron chi connectivity index (χ0n) is 14.8. The zero-order chi connectivity index (χ0) is 17.8. The number of carbonyl (C=O) groups excluding carboxylic acids is 1. The van der Waals surface area contributed by atoms with Crippen molar-refractivity contribution in [2.45, 2.75) is 19.0 Å². The van der Waals surface area contributed by atoms with E-state index in [9.17, 15) is 4.79 Å². The van der Waals surface area contributed by atoms with Crippen LogP contribution in [0.15, 0.2) is 42.6 Å². The number of rotatable bonds is 6. The quantitative estimate of drug-likeness (QED) is 0.807. The SMILES string of the molecule is COc1ccnc(CN(C)C2CCN(c3ccccc3)C2=O)c1OC. The van der Waals surface area contributed by atoms with E-state index in [0.717, 1.165) is 24.3 Å². The molecule has 0 aliphatic carbocycles. The molecule has 25 heavy (non-hydrogen) atoms. The molecule has 0 spiro atoms. The lowest BCUT2D eigenvalue weighted by Gasteiger charge is -2.24. The molecule has 3 rings (SSSR count). The molecule has 1 aliphatic heterocycles. The highest BCUT2D eigenvalue weighted by Crippen LogP contribution is 2.31. The molecule has 1 aliphatic rings. The molecule has 2 heterocycles. The van der Waals surface area contributed by atoms with Gasteiger partial charge in [0.25, 0.3) is 0 Å². The van der Waals surface area contributed by atoms with Crippen LogP contribution >= 0.6 is 0 Å². The summed E-state index contributed by atoms with van der Waals surface area (Å²) in [5.74, 6) is 1.38. The summed E-state index contributed by atoms with van der Waals surface area (Å²) in [6.45, 7) is 1.24. The van der Waals surface area contributed by atoms with Gasteiger partial charge in [0.15, 0.2) is 11.5 Å². The minimum Gasteiger partial charge on any atom is -0.493 e. The smallest absolute Gasteiger partial charge is 0.244 e. The maximum absolute atomic E-state index is 12.8. The van der Waals surface area contributed by atoms with Crippen LogP contribution in [0.5, 0.6) is 11.5 Å². The average molecular weight is 341 g/mol. The van der Waals surface area contributed by atoms with Gasteiger partial charge >= 0.3 is 0 Å². The fourth-order valence-electron chi connectivity index (χ4n) is 3.25. The number of amides is 1. The van der Waals surface area contributed by atoms with Gasteiger partial charge in [-0.05, 0) is 25.6 Å². The van der Waals surface area contributed by atoms with Gasteiger partial charge in [0.05, 0.1) is 20.3 Å². The predicted octanol–water partition coefficient (Wildman–Crippen LogP) is 2.34. The molecule has 6 nitrogen and oxygen atoms in total. The monoisotopic (exact) mass is 341 g/mol. The van der Waals surface area contributed by atoms with Crippen LogP contribution in [0.2, 0.25) is 0 Å². The summed E-state index contributed by atoms with van der Waals surface area (Å²) in [6, 6.07) is 11.4. The van der Waals surface area contributed by atoms with Gasteiger partial charge in [-0.2, -0.15) is 0 Å². The van der Waals surface area contributed by atoms with E-state index >= 15 is 0 Å². The number of ether oxygens (including phenoxy) is 2. The van der Waals surface area contributed by atoms with Gasteiger partial charge in [-0.25, -0.2) is 0 Å². The van der Waals surface area contributed by atoms with Gasteiger partial charge in [0.1, 0.15) is 5.69 Å². The summed E-state index contributed by atoms with van der Waals surface area (Å²) < 4.78 is 10.8. The fraction of sp³-hybridized carbons (Fsp3) is 0.368. The second-order valence-corrected chi connectivity index (χ2v) is 6.04. The lowest BCUT2D eigenvalue weighted by Crippen LogP contribution is -2.39. The molecule has 2 aromatic rings. The van der Waals surface area contributed by atoms with Gasteiger partial charge < -0.3 is 14.4 Å².